The third-order valence-electron chi connectivity index (χ3n) is 7.53. The van der Waals surface area contributed by atoms with Gasteiger partial charge in [-0.3, -0.25) is 4.98 Å². The summed E-state index contributed by atoms with van der Waals surface area (Å²) in [5, 5.41) is 18.8. The number of aromatic nitrogens is 2. The van der Waals surface area contributed by atoms with Gasteiger partial charge in [0, 0.05) is 41.5 Å². The van der Waals surface area contributed by atoms with E-state index in [1.54, 1.807) is 12.3 Å². The van der Waals surface area contributed by atoms with Crippen molar-refractivity contribution in [2.75, 3.05) is 19.8 Å². The molecule has 2 unspecified atom stereocenters. The van der Waals surface area contributed by atoms with Crippen molar-refractivity contribution in [1.29, 1.82) is 0 Å². The minimum atomic E-state index is -3.12. The Labute approximate surface area is 206 Å². The predicted molar refractivity (Wildman–Crippen MR) is 134 cm³/mol. The second kappa shape index (κ2) is 10.4. The number of hydrogen-bond acceptors (Lipinski definition) is 6. The van der Waals surface area contributed by atoms with E-state index in [1.165, 1.54) is 5.57 Å². The number of allylic oxidation sites excluding steroid dienone is 4. The number of pyridine rings is 1. The third-order valence-corrected chi connectivity index (χ3v) is 9.95. The van der Waals surface area contributed by atoms with Crippen LogP contribution in [0.3, 0.4) is 0 Å². The second-order valence-corrected chi connectivity index (χ2v) is 12.2. The maximum Gasteiger partial charge on any atom is 0.177 e. The number of ether oxygens (including phenoxy) is 1. The number of nitrogens with zero attached hydrogens (tertiary/aromatic N) is 1. The molecule has 7 nitrogen and oxygen atoms in total. The number of hydrogen-bond donors (Lipinski definition) is 3. The van der Waals surface area contributed by atoms with E-state index in [0.29, 0.717) is 22.8 Å². The molecule has 5 rings (SSSR count). The zero-order valence-corrected chi connectivity index (χ0v) is 20.7. The number of nitrogens with one attached hydrogen (secondary N) is 1. The van der Waals surface area contributed by atoms with Crippen molar-refractivity contribution in [2.24, 2.45) is 5.92 Å². The Morgan fingerprint density at radius 2 is 1.86 bits per heavy atom. The third kappa shape index (κ3) is 5.45. The molecule has 3 heterocycles. The summed E-state index contributed by atoms with van der Waals surface area (Å²) >= 11 is 0. The van der Waals surface area contributed by atoms with Gasteiger partial charge in [-0.25, -0.2) is 8.42 Å². The molecule has 1 saturated heterocycles. The SMILES string of the molecule is O=S(=O)(C1=CC=C(C(CC2CCOCC2)c2ccc(-c3ccc(C(O)CO)cn3)[nH]2)CC1)C1CC1. The highest BCUT2D eigenvalue weighted by Gasteiger charge is 2.38. The van der Waals surface area contributed by atoms with Crippen molar-refractivity contribution in [3.05, 3.63) is 64.3 Å². The molecular formula is C27H34N2O5S. The van der Waals surface area contributed by atoms with Crippen molar-refractivity contribution < 1.29 is 23.4 Å². The van der Waals surface area contributed by atoms with Crippen LogP contribution in [0.15, 0.2) is 53.1 Å². The molecule has 2 fully saturated rings. The minimum Gasteiger partial charge on any atom is -0.393 e. The lowest BCUT2D eigenvalue weighted by molar-refractivity contribution is 0.0624. The molecule has 0 bridgehead atoms. The fourth-order valence-electron chi connectivity index (χ4n) is 5.18. The normalized spacial score (nSPS) is 21.3. The summed E-state index contributed by atoms with van der Waals surface area (Å²) in [5.41, 5.74) is 4.63. The average Bonchev–Trinajstić information content (AvgIpc) is 3.66. The molecule has 0 spiro atoms. The van der Waals surface area contributed by atoms with Crippen LogP contribution in [0.25, 0.3) is 11.4 Å². The Balaban J connectivity index is 1.40. The number of sulfone groups is 1. The molecule has 2 aromatic rings. The molecule has 1 saturated carbocycles. The van der Waals surface area contributed by atoms with Crippen LogP contribution in [-0.4, -0.2) is 53.7 Å². The molecule has 2 aromatic heterocycles. The van der Waals surface area contributed by atoms with E-state index < -0.39 is 15.9 Å². The standard InChI is InChI=1S/C27H34N2O5S/c30-17-27(31)20-3-8-25(28-16-20)26-10-9-24(29-26)23(15-18-11-13-34-14-12-18)19-1-4-21(5-2-19)35(32,33)22-6-7-22/h1,3-4,8-10,16,18,22-23,27,29-31H,2,5-7,11-15,17H2. The highest BCUT2D eigenvalue weighted by Crippen LogP contribution is 2.41. The largest absolute Gasteiger partial charge is 0.393 e. The van der Waals surface area contributed by atoms with Gasteiger partial charge in [0.2, 0.25) is 0 Å². The molecule has 1 aliphatic heterocycles. The molecule has 0 radical (unpaired) electrons. The van der Waals surface area contributed by atoms with E-state index in [2.05, 4.69) is 16.0 Å². The molecule has 188 valence electrons. The van der Waals surface area contributed by atoms with E-state index in [-0.39, 0.29) is 17.8 Å². The van der Waals surface area contributed by atoms with E-state index in [1.807, 2.05) is 24.3 Å². The van der Waals surface area contributed by atoms with Crippen LogP contribution in [0.2, 0.25) is 0 Å². The van der Waals surface area contributed by atoms with Gasteiger partial charge in [0.25, 0.3) is 0 Å². The van der Waals surface area contributed by atoms with Crippen LogP contribution in [0.1, 0.15) is 68.2 Å². The van der Waals surface area contributed by atoms with Crippen LogP contribution in [0, 0.1) is 5.92 Å². The lowest BCUT2D eigenvalue weighted by atomic mass is 9.80. The maximum atomic E-state index is 12.7. The lowest BCUT2D eigenvalue weighted by Gasteiger charge is -2.29. The highest BCUT2D eigenvalue weighted by molar-refractivity contribution is 7.96. The van der Waals surface area contributed by atoms with Gasteiger partial charge in [-0.15, -0.1) is 0 Å². The van der Waals surface area contributed by atoms with Gasteiger partial charge >= 0.3 is 0 Å². The number of rotatable bonds is 9. The van der Waals surface area contributed by atoms with Crippen molar-refractivity contribution >= 4 is 9.84 Å². The number of aliphatic hydroxyl groups excluding tert-OH is 2. The molecule has 8 heteroatoms. The first-order valence-corrected chi connectivity index (χ1v) is 14.2. The van der Waals surface area contributed by atoms with Crippen molar-refractivity contribution in [1.82, 2.24) is 9.97 Å². The molecule has 2 aliphatic carbocycles. The van der Waals surface area contributed by atoms with E-state index in [0.717, 1.165) is 68.8 Å². The molecule has 2 atom stereocenters. The van der Waals surface area contributed by atoms with Crippen molar-refractivity contribution in [3.8, 4) is 11.4 Å². The molecule has 0 amide bonds. The number of H-pyrrole nitrogens is 1. The van der Waals surface area contributed by atoms with Gasteiger partial charge in [0.15, 0.2) is 9.84 Å². The highest BCUT2D eigenvalue weighted by atomic mass is 32.2. The fourth-order valence-corrected chi connectivity index (χ4v) is 7.01. The summed E-state index contributed by atoms with van der Waals surface area (Å²) in [5.74, 6) is 0.753. The fraction of sp³-hybridized carbons (Fsp3) is 0.519. The van der Waals surface area contributed by atoms with Gasteiger partial charge in [-0.2, -0.15) is 0 Å². The summed E-state index contributed by atoms with van der Waals surface area (Å²) in [7, 11) is -3.12. The minimum absolute atomic E-state index is 0.162. The molecule has 0 aromatic carbocycles. The topological polar surface area (TPSA) is 113 Å². The average molecular weight is 499 g/mol. The van der Waals surface area contributed by atoms with Gasteiger partial charge in [0.1, 0.15) is 6.10 Å². The smallest absolute Gasteiger partial charge is 0.177 e. The van der Waals surface area contributed by atoms with Crippen LogP contribution >= 0.6 is 0 Å². The number of aliphatic hydroxyl groups is 2. The summed E-state index contributed by atoms with van der Waals surface area (Å²) < 4.78 is 31.0. The Bertz CT molecular complexity index is 1190. The zero-order chi connectivity index (χ0) is 24.4. The Morgan fingerprint density at radius 1 is 1.06 bits per heavy atom. The van der Waals surface area contributed by atoms with Crippen LogP contribution in [0.4, 0.5) is 0 Å². The molecule has 3 aliphatic rings. The molecule has 3 N–H and O–H groups in total. The Morgan fingerprint density at radius 3 is 2.49 bits per heavy atom. The van der Waals surface area contributed by atoms with Gasteiger partial charge in [0.05, 0.1) is 23.2 Å². The van der Waals surface area contributed by atoms with Gasteiger partial charge in [-0.1, -0.05) is 17.7 Å². The van der Waals surface area contributed by atoms with E-state index >= 15 is 0 Å². The maximum absolute atomic E-state index is 12.7. The number of aromatic amines is 1. The Kier molecular flexibility index (Phi) is 7.25. The van der Waals surface area contributed by atoms with Gasteiger partial charge in [-0.05, 0) is 75.1 Å². The summed E-state index contributed by atoms with van der Waals surface area (Å²) in [4.78, 5) is 8.62. The van der Waals surface area contributed by atoms with E-state index in [4.69, 9.17) is 9.84 Å². The predicted octanol–water partition coefficient (Wildman–Crippen LogP) is 4.18. The quantitative estimate of drug-likeness (QED) is 0.478. The van der Waals surface area contributed by atoms with Crippen molar-refractivity contribution in [2.45, 2.75) is 62.2 Å². The lowest BCUT2D eigenvalue weighted by Crippen LogP contribution is -2.20. The van der Waals surface area contributed by atoms with Gasteiger partial charge < -0.3 is 19.9 Å². The first-order chi connectivity index (χ1) is 17.0. The van der Waals surface area contributed by atoms with E-state index in [9.17, 15) is 13.5 Å². The summed E-state index contributed by atoms with van der Waals surface area (Å²) in [6.07, 6.45) is 10.6. The Hall–Kier alpha value is -2.26. The first kappa shape index (κ1) is 24.4. The van der Waals surface area contributed by atoms with Crippen LogP contribution < -0.4 is 0 Å². The summed E-state index contributed by atoms with van der Waals surface area (Å²) in [6, 6.07) is 7.76. The monoisotopic (exact) mass is 498 g/mol. The zero-order valence-electron chi connectivity index (χ0n) is 19.9. The van der Waals surface area contributed by atoms with Crippen molar-refractivity contribution in [3.63, 3.8) is 0 Å². The molecule has 35 heavy (non-hydrogen) atoms. The second-order valence-electron chi connectivity index (χ2n) is 9.97. The summed E-state index contributed by atoms with van der Waals surface area (Å²) in [6.45, 7) is 1.26. The van der Waals surface area contributed by atoms with Crippen LogP contribution in [-0.2, 0) is 14.6 Å². The van der Waals surface area contributed by atoms with Crippen LogP contribution in [0.5, 0.6) is 0 Å². The first-order valence-electron chi connectivity index (χ1n) is 12.6. The molecular weight excluding hydrogens is 464 g/mol.